The fourth-order valence-electron chi connectivity index (χ4n) is 3.39. The largest absolute Gasteiger partial charge is 0.352 e. The van der Waals surface area contributed by atoms with E-state index in [0.717, 1.165) is 16.9 Å². The summed E-state index contributed by atoms with van der Waals surface area (Å²) in [4.78, 5) is 38.4. The Labute approximate surface area is 190 Å². The molecule has 1 aliphatic rings. The zero-order valence-electron chi connectivity index (χ0n) is 17.6. The van der Waals surface area contributed by atoms with Gasteiger partial charge in [-0.15, -0.1) is 11.8 Å². The van der Waals surface area contributed by atoms with Crippen molar-refractivity contribution in [2.24, 2.45) is 0 Å². The highest BCUT2D eigenvalue weighted by Crippen LogP contribution is 2.36. The molecular weight excluding hydrogens is 422 g/mol. The number of nitrogens with one attached hydrogen (secondary N) is 3. The number of hydrogen-bond donors (Lipinski definition) is 3. The fraction of sp³-hybridized carbons (Fsp3) is 0.160. The molecule has 0 fully saturated rings. The van der Waals surface area contributed by atoms with E-state index < -0.39 is 0 Å². The maximum atomic E-state index is 12.9. The van der Waals surface area contributed by atoms with Crippen molar-refractivity contribution in [3.05, 3.63) is 89.5 Å². The van der Waals surface area contributed by atoms with E-state index in [9.17, 15) is 14.4 Å². The van der Waals surface area contributed by atoms with Gasteiger partial charge in [0.1, 0.15) is 0 Å². The van der Waals surface area contributed by atoms with Gasteiger partial charge in [0.15, 0.2) is 0 Å². The molecule has 0 bridgehead atoms. The third kappa shape index (κ3) is 5.00. The SMILES string of the molecule is C[C@H]1Sc2ccc(C(=O)Nc3ccccc3C(=O)NCCc3ccccc3)cc2NC1=O. The number of rotatable bonds is 6. The number of amides is 3. The number of anilines is 2. The van der Waals surface area contributed by atoms with Crippen molar-refractivity contribution in [2.45, 2.75) is 23.5 Å². The molecule has 0 unspecified atom stereocenters. The molecule has 1 atom stereocenters. The van der Waals surface area contributed by atoms with Crippen molar-refractivity contribution < 1.29 is 14.4 Å². The van der Waals surface area contributed by atoms with Crippen LogP contribution < -0.4 is 16.0 Å². The van der Waals surface area contributed by atoms with Gasteiger partial charge in [-0.1, -0.05) is 42.5 Å². The zero-order chi connectivity index (χ0) is 22.5. The van der Waals surface area contributed by atoms with Crippen LogP contribution in [0.2, 0.25) is 0 Å². The van der Waals surface area contributed by atoms with Crippen LogP contribution in [0, 0.1) is 0 Å². The lowest BCUT2D eigenvalue weighted by atomic mass is 10.1. The second-order valence-electron chi connectivity index (χ2n) is 7.45. The first-order chi connectivity index (χ1) is 15.5. The summed E-state index contributed by atoms with van der Waals surface area (Å²) in [6, 6.07) is 22.0. The number of para-hydroxylation sites is 1. The quantitative estimate of drug-likeness (QED) is 0.527. The molecule has 0 saturated carbocycles. The number of benzene rings is 3. The monoisotopic (exact) mass is 445 g/mol. The fourth-order valence-corrected chi connectivity index (χ4v) is 4.33. The summed E-state index contributed by atoms with van der Waals surface area (Å²) in [5, 5.41) is 8.39. The molecule has 0 aromatic heterocycles. The van der Waals surface area contributed by atoms with Crippen molar-refractivity contribution in [1.29, 1.82) is 0 Å². The van der Waals surface area contributed by atoms with Crippen LogP contribution in [0.5, 0.6) is 0 Å². The van der Waals surface area contributed by atoms with Gasteiger partial charge in [-0.25, -0.2) is 0 Å². The van der Waals surface area contributed by atoms with Crippen molar-refractivity contribution >= 4 is 40.9 Å². The maximum Gasteiger partial charge on any atom is 0.255 e. The van der Waals surface area contributed by atoms with Gasteiger partial charge in [-0.3, -0.25) is 14.4 Å². The van der Waals surface area contributed by atoms with Crippen LogP contribution in [0.15, 0.2) is 77.7 Å². The van der Waals surface area contributed by atoms with Crippen molar-refractivity contribution in [3.8, 4) is 0 Å². The normalized spacial score (nSPS) is 14.8. The highest BCUT2D eigenvalue weighted by Gasteiger charge is 2.24. The average molecular weight is 446 g/mol. The minimum Gasteiger partial charge on any atom is -0.352 e. The Bertz CT molecular complexity index is 1160. The topological polar surface area (TPSA) is 87.3 Å². The van der Waals surface area contributed by atoms with E-state index in [4.69, 9.17) is 0 Å². The van der Waals surface area contributed by atoms with E-state index in [1.807, 2.05) is 43.3 Å². The standard InChI is InChI=1S/C25H23N3O3S/c1-16-23(29)28-21-15-18(11-12-22(21)32-16)24(30)27-20-10-6-5-9-19(20)25(31)26-14-13-17-7-3-2-4-8-17/h2-12,15-16H,13-14H2,1H3,(H,26,31)(H,27,30)(H,28,29)/t16-/m1/s1. The second kappa shape index (κ2) is 9.70. The first kappa shape index (κ1) is 21.6. The predicted octanol–water partition coefficient (Wildman–Crippen LogP) is 4.34. The van der Waals surface area contributed by atoms with Gasteiger partial charge >= 0.3 is 0 Å². The Morgan fingerprint density at radius 3 is 2.53 bits per heavy atom. The molecule has 32 heavy (non-hydrogen) atoms. The van der Waals surface area contributed by atoms with Gasteiger partial charge in [-0.05, 0) is 49.2 Å². The van der Waals surface area contributed by atoms with Gasteiger partial charge in [0.2, 0.25) is 5.91 Å². The zero-order valence-corrected chi connectivity index (χ0v) is 18.4. The highest BCUT2D eigenvalue weighted by molar-refractivity contribution is 8.00. The Morgan fingerprint density at radius 1 is 0.969 bits per heavy atom. The summed E-state index contributed by atoms with van der Waals surface area (Å²) in [5.74, 6) is -0.687. The lowest BCUT2D eigenvalue weighted by molar-refractivity contribution is -0.115. The molecule has 162 valence electrons. The average Bonchev–Trinajstić information content (AvgIpc) is 2.80. The summed E-state index contributed by atoms with van der Waals surface area (Å²) in [6.07, 6.45) is 0.721. The highest BCUT2D eigenvalue weighted by atomic mass is 32.2. The molecule has 3 aromatic rings. The van der Waals surface area contributed by atoms with Crippen LogP contribution in [0.25, 0.3) is 0 Å². The van der Waals surface area contributed by atoms with Gasteiger partial charge in [0.25, 0.3) is 11.8 Å². The van der Waals surface area contributed by atoms with E-state index in [0.29, 0.717) is 29.0 Å². The first-order valence-electron chi connectivity index (χ1n) is 10.4. The van der Waals surface area contributed by atoms with Crippen LogP contribution >= 0.6 is 11.8 Å². The minimum atomic E-state index is -0.352. The van der Waals surface area contributed by atoms with E-state index in [2.05, 4.69) is 16.0 Å². The van der Waals surface area contributed by atoms with E-state index in [1.165, 1.54) is 11.8 Å². The summed E-state index contributed by atoms with van der Waals surface area (Å²) >= 11 is 1.46. The molecule has 7 heteroatoms. The molecule has 3 aromatic carbocycles. The van der Waals surface area contributed by atoms with Crippen molar-refractivity contribution in [2.75, 3.05) is 17.2 Å². The van der Waals surface area contributed by atoms with Gasteiger partial charge in [0.05, 0.1) is 22.2 Å². The van der Waals surface area contributed by atoms with Crippen molar-refractivity contribution in [3.63, 3.8) is 0 Å². The van der Waals surface area contributed by atoms with Crippen LogP contribution in [0.4, 0.5) is 11.4 Å². The van der Waals surface area contributed by atoms with Crippen LogP contribution in [-0.2, 0) is 11.2 Å². The molecule has 0 saturated heterocycles. The third-order valence-electron chi connectivity index (χ3n) is 5.13. The number of thioether (sulfide) groups is 1. The molecule has 4 rings (SSSR count). The van der Waals surface area contributed by atoms with Crippen LogP contribution in [-0.4, -0.2) is 29.5 Å². The van der Waals surface area contributed by atoms with Gasteiger partial charge in [-0.2, -0.15) is 0 Å². The molecule has 1 aliphatic heterocycles. The van der Waals surface area contributed by atoms with E-state index >= 15 is 0 Å². The number of fused-ring (bicyclic) bond motifs is 1. The molecule has 3 N–H and O–H groups in total. The Kier molecular flexibility index (Phi) is 6.56. The van der Waals surface area contributed by atoms with Crippen LogP contribution in [0.1, 0.15) is 33.2 Å². The number of carbonyl (C=O) groups is 3. The lowest BCUT2D eigenvalue weighted by Gasteiger charge is -2.21. The molecular formula is C25H23N3O3S. The summed E-state index contributed by atoms with van der Waals surface area (Å²) in [5.41, 5.74) is 2.99. The maximum absolute atomic E-state index is 12.9. The number of carbonyl (C=O) groups excluding carboxylic acids is 3. The minimum absolute atomic E-state index is 0.0856. The molecule has 0 radical (unpaired) electrons. The predicted molar refractivity (Wildman–Crippen MR) is 127 cm³/mol. The Hall–Kier alpha value is -3.58. The number of hydrogen-bond acceptors (Lipinski definition) is 4. The Balaban J connectivity index is 1.43. The van der Waals surface area contributed by atoms with E-state index in [-0.39, 0.29) is 23.0 Å². The lowest BCUT2D eigenvalue weighted by Crippen LogP contribution is -2.27. The summed E-state index contributed by atoms with van der Waals surface area (Å²) in [7, 11) is 0. The molecule has 1 heterocycles. The third-order valence-corrected chi connectivity index (χ3v) is 6.31. The van der Waals surface area contributed by atoms with Gasteiger partial charge < -0.3 is 16.0 Å². The van der Waals surface area contributed by atoms with Crippen molar-refractivity contribution in [1.82, 2.24) is 5.32 Å². The molecule has 0 spiro atoms. The first-order valence-corrected chi connectivity index (χ1v) is 11.2. The Morgan fingerprint density at radius 2 is 1.72 bits per heavy atom. The molecule has 0 aliphatic carbocycles. The van der Waals surface area contributed by atoms with Gasteiger partial charge in [0, 0.05) is 17.0 Å². The van der Waals surface area contributed by atoms with Crippen LogP contribution in [0.3, 0.4) is 0 Å². The smallest absolute Gasteiger partial charge is 0.255 e. The molecule has 3 amide bonds. The second-order valence-corrected chi connectivity index (χ2v) is 8.83. The summed E-state index contributed by atoms with van der Waals surface area (Å²) in [6.45, 7) is 2.33. The molecule has 6 nitrogen and oxygen atoms in total. The summed E-state index contributed by atoms with van der Waals surface area (Å²) < 4.78 is 0. The van der Waals surface area contributed by atoms with E-state index in [1.54, 1.807) is 36.4 Å².